The summed E-state index contributed by atoms with van der Waals surface area (Å²) < 4.78 is 0. The van der Waals surface area contributed by atoms with Crippen molar-refractivity contribution in [1.29, 1.82) is 0 Å². The van der Waals surface area contributed by atoms with Gasteiger partial charge in [-0.1, -0.05) is 26.2 Å². The van der Waals surface area contributed by atoms with Crippen molar-refractivity contribution in [2.75, 3.05) is 42.3 Å². The Morgan fingerprint density at radius 1 is 0.789 bits per heavy atom. The number of hydrogen-bond acceptors (Lipinski definition) is 0. The fraction of sp³-hybridized carbons (Fsp3) is 0.667. The third-order valence-electron chi connectivity index (χ3n) is 1.55. The average Bonchev–Trinajstić information content (AvgIpc) is 2.82. The third kappa shape index (κ3) is 38.1. The fourth-order valence-electron chi connectivity index (χ4n) is 0.961. The first-order chi connectivity index (χ1) is 8.67. The molecule has 0 saturated carbocycles. The molecule has 3 nitrogen and oxygen atoms in total. The number of nitrogens with zero attached hydrogens (tertiary/aromatic N) is 3. The predicted molar refractivity (Wildman–Crippen MR) is 86.3 cm³/mol. The van der Waals surface area contributed by atoms with E-state index < -0.39 is 0 Å². The Labute approximate surface area is 140 Å². The summed E-state index contributed by atoms with van der Waals surface area (Å²) in [5.41, 5.74) is 1.48. The first-order valence-corrected chi connectivity index (χ1v) is 6.32. The molecule has 0 fully saturated rings. The Kier molecular flexibility index (Phi) is 44.5. The second-order valence-corrected chi connectivity index (χ2v) is 3.74. The van der Waals surface area contributed by atoms with Crippen LogP contribution in [0.25, 0.3) is 16.0 Å². The molecule has 0 spiro atoms. The van der Waals surface area contributed by atoms with Gasteiger partial charge in [0.05, 0.1) is 0 Å². The SMILES string of the molecule is CCCC[c-]1cccc1.C[N-]C.C[N-]C.C[N-]C.[Hf+4]. The molecule has 0 bridgehead atoms. The van der Waals surface area contributed by atoms with Gasteiger partial charge in [0.25, 0.3) is 0 Å². The summed E-state index contributed by atoms with van der Waals surface area (Å²) in [5, 5.41) is 10.5. The quantitative estimate of drug-likeness (QED) is 0.495. The zero-order valence-electron chi connectivity index (χ0n) is 13.8. The molecule has 0 saturated heterocycles. The Balaban J connectivity index is -0.0000000956. The summed E-state index contributed by atoms with van der Waals surface area (Å²) in [6.07, 6.45) is 3.87. The zero-order valence-corrected chi connectivity index (χ0v) is 17.4. The van der Waals surface area contributed by atoms with Crippen LogP contribution < -0.4 is 0 Å². The van der Waals surface area contributed by atoms with Crippen LogP contribution in [0.4, 0.5) is 0 Å². The summed E-state index contributed by atoms with van der Waals surface area (Å²) in [6.45, 7) is 2.23. The normalized spacial score (nSPS) is 7.53. The van der Waals surface area contributed by atoms with E-state index in [1.54, 1.807) is 42.3 Å². The van der Waals surface area contributed by atoms with Crippen LogP contribution in [0.3, 0.4) is 0 Å². The summed E-state index contributed by atoms with van der Waals surface area (Å²) in [6, 6.07) is 8.58. The fourth-order valence-corrected chi connectivity index (χ4v) is 0.961. The number of unbranched alkanes of at least 4 members (excludes halogenated alkanes) is 1. The molecule has 1 rings (SSSR count). The largest absolute Gasteiger partial charge is 4.00 e. The zero-order chi connectivity index (χ0) is 14.6. The van der Waals surface area contributed by atoms with Crippen molar-refractivity contribution in [2.24, 2.45) is 0 Å². The van der Waals surface area contributed by atoms with Gasteiger partial charge in [0, 0.05) is 0 Å². The van der Waals surface area contributed by atoms with Gasteiger partial charge in [-0.2, -0.15) is 60.0 Å². The molecule has 0 aliphatic rings. The van der Waals surface area contributed by atoms with Gasteiger partial charge >= 0.3 is 25.8 Å². The molecule has 0 aliphatic carbocycles. The van der Waals surface area contributed by atoms with Gasteiger partial charge in [-0.15, -0.1) is 0 Å². The molecule has 0 heterocycles. The van der Waals surface area contributed by atoms with Crippen LogP contribution in [-0.4, -0.2) is 42.3 Å². The molecule has 0 amide bonds. The van der Waals surface area contributed by atoms with Crippen molar-refractivity contribution >= 4 is 0 Å². The molecular weight excluding hydrogens is 401 g/mol. The van der Waals surface area contributed by atoms with Crippen molar-refractivity contribution < 1.29 is 25.8 Å². The molecule has 0 aliphatic heterocycles. The molecule has 0 N–H and O–H groups in total. The van der Waals surface area contributed by atoms with E-state index in [0.29, 0.717) is 0 Å². The maximum Gasteiger partial charge on any atom is 4.00 e. The van der Waals surface area contributed by atoms with Crippen LogP contribution in [-0.2, 0) is 32.3 Å². The molecular formula is C15H31HfN3. The van der Waals surface area contributed by atoms with E-state index >= 15 is 0 Å². The standard InChI is InChI=1S/C9H13.3C2H6N.Hf/c1-2-3-6-9-7-4-5-8-9;3*1-3-2;/h4-5,7-8H,2-3,6H2,1H3;3*1-2H3;/q4*-1;+4. The van der Waals surface area contributed by atoms with E-state index in [9.17, 15) is 0 Å². The maximum absolute atomic E-state index is 3.50. The van der Waals surface area contributed by atoms with Crippen LogP contribution in [0.1, 0.15) is 25.3 Å². The van der Waals surface area contributed by atoms with E-state index in [1.807, 2.05) is 0 Å². The molecule has 4 heteroatoms. The van der Waals surface area contributed by atoms with Crippen LogP contribution in [0.2, 0.25) is 0 Å². The molecule has 19 heavy (non-hydrogen) atoms. The minimum absolute atomic E-state index is 0. The van der Waals surface area contributed by atoms with Crippen molar-refractivity contribution in [3.05, 3.63) is 45.8 Å². The summed E-state index contributed by atoms with van der Waals surface area (Å²) in [5.74, 6) is 0. The average molecular weight is 432 g/mol. The van der Waals surface area contributed by atoms with Gasteiger partial charge in [0.15, 0.2) is 0 Å². The van der Waals surface area contributed by atoms with Crippen LogP contribution in [0.15, 0.2) is 24.3 Å². The van der Waals surface area contributed by atoms with Gasteiger partial charge in [-0.05, 0) is 0 Å². The summed E-state index contributed by atoms with van der Waals surface area (Å²) in [4.78, 5) is 0. The predicted octanol–water partition coefficient (Wildman–Crippen LogP) is 4.60. The smallest absolute Gasteiger partial charge is 0.668 e. The maximum atomic E-state index is 3.50. The van der Waals surface area contributed by atoms with E-state index in [2.05, 4.69) is 47.1 Å². The van der Waals surface area contributed by atoms with E-state index in [1.165, 1.54) is 24.8 Å². The summed E-state index contributed by atoms with van der Waals surface area (Å²) in [7, 11) is 10.5. The van der Waals surface area contributed by atoms with Gasteiger partial charge in [-0.3, -0.25) is 0 Å². The van der Waals surface area contributed by atoms with Crippen molar-refractivity contribution in [3.8, 4) is 0 Å². The number of aryl methyl sites for hydroxylation is 1. The van der Waals surface area contributed by atoms with E-state index in [4.69, 9.17) is 0 Å². The molecule has 0 radical (unpaired) electrons. The van der Waals surface area contributed by atoms with Crippen molar-refractivity contribution in [2.45, 2.75) is 26.2 Å². The van der Waals surface area contributed by atoms with Crippen molar-refractivity contribution in [1.82, 2.24) is 0 Å². The molecule has 0 atom stereocenters. The molecule has 110 valence electrons. The second-order valence-electron chi connectivity index (χ2n) is 3.74. The van der Waals surface area contributed by atoms with Crippen LogP contribution >= 0.6 is 0 Å². The summed E-state index contributed by atoms with van der Waals surface area (Å²) >= 11 is 0. The van der Waals surface area contributed by atoms with Gasteiger partial charge in [-0.25, -0.2) is 12.1 Å². The molecule has 1 aromatic carbocycles. The Hall–Kier alpha value is 0.100. The number of rotatable bonds is 3. The van der Waals surface area contributed by atoms with E-state index in [0.717, 1.165) is 0 Å². The Bertz CT molecular complexity index is 185. The van der Waals surface area contributed by atoms with Gasteiger partial charge in [0.2, 0.25) is 0 Å². The Morgan fingerprint density at radius 3 is 1.37 bits per heavy atom. The van der Waals surface area contributed by atoms with Gasteiger partial charge in [0.1, 0.15) is 0 Å². The monoisotopic (exact) mass is 433 g/mol. The van der Waals surface area contributed by atoms with E-state index in [-0.39, 0.29) is 25.8 Å². The minimum atomic E-state index is 0. The number of hydrogen-bond donors (Lipinski definition) is 0. The minimum Gasteiger partial charge on any atom is -0.668 e. The first kappa shape index (κ1) is 27.4. The first-order valence-electron chi connectivity index (χ1n) is 6.32. The third-order valence-corrected chi connectivity index (χ3v) is 1.55. The van der Waals surface area contributed by atoms with Crippen molar-refractivity contribution in [3.63, 3.8) is 0 Å². The second kappa shape index (κ2) is 30.8. The molecule has 1 aromatic rings. The molecule has 0 aromatic heterocycles. The van der Waals surface area contributed by atoms with Gasteiger partial charge < -0.3 is 16.0 Å². The van der Waals surface area contributed by atoms with Crippen LogP contribution in [0, 0.1) is 0 Å². The topological polar surface area (TPSA) is 42.3 Å². The van der Waals surface area contributed by atoms with Crippen LogP contribution in [0.5, 0.6) is 0 Å². The Morgan fingerprint density at radius 2 is 1.11 bits per heavy atom. The molecule has 0 unspecified atom stereocenters.